The van der Waals surface area contributed by atoms with E-state index in [0.29, 0.717) is 6.04 Å². The number of nitrogens with one attached hydrogen (secondary N) is 1. The van der Waals surface area contributed by atoms with Crippen LogP contribution in [-0.2, 0) is 6.54 Å². The summed E-state index contributed by atoms with van der Waals surface area (Å²) in [6.45, 7) is 3.96. The van der Waals surface area contributed by atoms with E-state index in [-0.39, 0.29) is 5.54 Å². The Hall–Kier alpha value is -0.890. The Kier molecular flexibility index (Phi) is 3.14. The van der Waals surface area contributed by atoms with Crippen LogP contribution in [0.15, 0.2) is 17.5 Å². The molecule has 1 aromatic heterocycles. The average Bonchev–Trinajstić information content (AvgIpc) is 2.97. The van der Waals surface area contributed by atoms with E-state index < -0.39 is 0 Å². The molecule has 1 N–H and O–H groups in total. The lowest BCUT2D eigenvalue weighted by atomic mass is 9.98. The zero-order valence-corrected chi connectivity index (χ0v) is 11.5. The first-order valence-corrected chi connectivity index (χ1v) is 7.55. The molecule has 3 nitrogen and oxygen atoms in total. The average molecular weight is 261 g/mol. The molecule has 2 atom stereocenters. The third-order valence-corrected chi connectivity index (χ3v) is 4.95. The number of rotatable bonds is 4. The smallest absolute Gasteiger partial charge is 0.121 e. The fourth-order valence-electron chi connectivity index (χ4n) is 2.97. The van der Waals surface area contributed by atoms with E-state index in [9.17, 15) is 5.26 Å². The van der Waals surface area contributed by atoms with Crippen LogP contribution in [0, 0.1) is 11.3 Å². The van der Waals surface area contributed by atoms with Gasteiger partial charge in [0.05, 0.1) is 6.07 Å². The SMILES string of the molecule is CC1CC(C#N)(NCc2cccs2)CN1C1CC1. The van der Waals surface area contributed by atoms with E-state index in [1.807, 2.05) is 0 Å². The van der Waals surface area contributed by atoms with Crippen molar-refractivity contribution in [2.45, 2.75) is 50.4 Å². The van der Waals surface area contributed by atoms with E-state index in [1.165, 1.54) is 17.7 Å². The number of nitrogens with zero attached hydrogens (tertiary/aromatic N) is 2. The minimum absolute atomic E-state index is 0.341. The van der Waals surface area contributed by atoms with Crippen LogP contribution in [0.5, 0.6) is 0 Å². The molecule has 1 aliphatic heterocycles. The van der Waals surface area contributed by atoms with E-state index in [4.69, 9.17) is 0 Å². The van der Waals surface area contributed by atoms with Gasteiger partial charge in [-0.05, 0) is 37.6 Å². The molecule has 0 aromatic carbocycles. The quantitative estimate of drug-likeness (QED) is 0.904. The number of likely N-dealkylation sites (tertiary alicyclic amines) is 1. The largest absolute Gasteiger partial charge is 0.295 e. The maximum Gasteiger partial charge on any atom is 0.121 e. The molecule has 0 bridgehead atoms. The Morgan fingerprint density at radius 3 is 3.06 bits per heavy atom. The van der Waals surface area contributed by atoms with Crippen molar-refractivity contribution in [3.8, 4) is 6.07 Å². The molecule has 0 radical (unpaired) electrons. The van der Waals surface area contributed by atoms with Crippen LogP contribution in [0.4, 0.5) is 0 Å². The summed E-state index contributed by atoms with van der Waals surface area (Å²) in [6, 6.07) is 8.01. The summed E-state index contributed by atoms with van der Waals surface area (Å²) in [7, 11) is 0. The summed E-state index contributed by atoms with van der Waals surface area (Å²) in [5.74, 6) is 0. The predicted octanol–water partition coefficient (Wildman–Crippen LogP) is 2.36. The van der Waals surface area contributed by atoms with Crippen molar-refractivity contribution in [3.63, 3.8) is 0 Å². The minimum atomic E-state index is -0.341. The molecular weight excluding hydrogens is 242 g/mol. The van der Waals surface area contributed by atoms with Crippen molar-refractivity contribution in [1.29, 1.82) is 5.26 Å². The number of thiophene rings is 1. The number of hydrogen-bond acceptors (Lipinski definition) is 4. The molecule has 4 heteroatoms. The Morgan fingerprint density at radius 2 is 2.44 bits per heavy atom. The van der Waals surface area contributed by atoms with E-state index in [0.717, 1.165) is 25.6 Å². The predicted molar refractivity (Wildman–Crippen MR) is 73.3 cm³/mol. The number of nitriles is 1. The molecule has 2 aliphatic rings. The monoisotopic (exact) mass is 261 g/mol. The lowest BCUT2D eigenvalue weighted by Gasteiger charge is -2.23. The maximum atomic E-state index is 9.55. The van der Waals surface area contributed by atoms with Crippen LogP contribution >= 0.6 is 11.3 Å². The molecule has 1 aliphatic carbocycles. The third-order valence-electron chi connectivity index (χ3n) is 4.07. The van der Waals surface area contributed by atoms with Crippen molar-refractivity contribution < 1.29 is 0 Å². The van der Waals surface area contributed by atoms with Crippen LogP contribution in [0.3, 0.4) is 0 Å². The van der Waals surface area contributed by atoms with Crippen molar-refractivity contribution in [1.82, 2.24) is 10.2 Å². The molecule has 3 rings (SSSR count). The number of hydrogen-bond donors (Lipinski definition) is 1. The fourth-order valence-corrected chi connectivity index (χ4v) is 3.61. The highest BCUT2D eigenvalue weighted by Gasteiger charge is 2.47. The second-order valence-electron chi connectivity index (χ2n) is 5.58. The molecule has 0 spiro atoms. The zero-order chi connectivity index (χ0) is 12.6. The van der Waals surface area contributed by atoms with Crippen LogP contribution in [-0.4, -0.2) is 29.1 Å². The highest BCUT2D eigenvalue weighted by molar-refractivity contribution is 7.09. The van der Waals surface area contributed by atoms with Crippen molar-refractivity contribution >= 4 is 11.3 Å². The maximum absolute atomic E-state index is 9.55. The van der Waals surface area contributed by atoms with Gasteiger partial charge in [-0.3, -0.25) is 10.2 Å². The van der Waals surface area contributed by atoms with Gasteiger partial charge in [0.1, 0.15) is 5.54 Å². The van der Waals surface area contributed by atoms with Crippen molar-refractivity contribution in [2.75, 3.05) is 6.54 Å². The molecule has 2 heterocycles. The van der Waals surface area contributed by atoms with Gasteiger partial charge in [0.25, 0.3) is 0 Å². The van der Waals surface area contributed by atoms with E-state index >= 15 is 0 Å². The van der Waals surface area contributed by atoms with Gasteiger partial charge in [0.15, 0.2) is 0 Å². The molecular formula is C14H19N3S. The molecule has 18 heavy (non-hydrogen) atoms. The van der Waals surface area contributed by atoms with Gasteiger partial charge in [-0.15, -0.1) is 11.3 Å². The highest BCUT2D eigenvalue weighted by Crippen LogP contribution is 2.37. The van der Waals surface area contributed by atoms with E-state index in [1.54, 1.807) is 11.3 Å². The Balaban J connectivity index is 1.66. The van der Waals surface area contributed by atoms with Crippen LogP contribution in [0.2, 0.25) is 0 Å². The first kappa shape index (κ1) is 12.2. The summed E-state index contributed by atoms with van der Waals surface area (Å²) in [4.78, 5) is 3.83. The van der Waals surface area contributed by atoms with E-state index in [2.05, 4.69) is 40.7 Å². The topological polar surface area (TPSA) is 39.1 Å². The van der Waals surface area contributed by atoms with Gasteiger partial charge in [-0.2, -0.15) is 5.26 Å². The summed E-state index contributed by atoms with van der Waals surface area (Å²) >= 11 is 1.75. The van der Waals surface area contributed by atoms with Gasteiger partial charge in [0.2, 0.25) is 0 Å². The molecule has 1 saturated heterocycles. The lowest BCUT2D eigenvalue weighted by Crippen LogP contribution is -2.46. The summed E-state index contributed by atoms with van der Waals surface area (Å²) in [6.07, 6.45) is 3.58. The van der Waals surface area contributed by atoms with Gasteiger partial charge in [-0.1, -0.05) is 6.07 Å². The first-order valence-electron chi connectivity index (χ1n) is 6.67. The Bertz CT molecular complexity index is 446. The Morgan fingerprint density at radius 1 is 1.61 bits per heavy atom. The zero-order valence-electron chi connectivity index (χ0n) is 10.7. The van der Waals surface area contributed by atoms with Crippen molar-refractivity contribution in [2.24, 2.45) is 0 Å². The summed E-state index contributed by atoms with van der Waals surface area (Å²) < 4.78 is 0. The second kappa shape index (κ2) is 4.65. The van der Waals surface area contributed by atoms with Gasteiger partial charge in [0, 0.05) is 30.1 Å². The molecule has 0 amide bonds. The van der Waals surface area contributed by atoms with Crippen LogP contribution < -0.4 is 5.32 Å². The van der Waals surface area contributed by atoms with Gasteiger partial charge in [-0.25, -0.2) is 0 Å². The standard InChI is InChI=1S/C14H19N3S/c1-11-7-14(9-15,10-17(11)12-4-5-12)16-8-13-3-2-6-18-13/h2-3,6,11-12,16H,4-5,7-8,10H2,1H3. The summed E-state index contributed by atoms with van der Waals surface area (Å²) in [5.41, 5.74) is -0.341. The normalized spacial score (nSPS) is 32.6. The van der Waals surface area contributed by atoms with Gasteiger partial charge < -0.3 is 0 Å². The fraction of sp³-hybridized carbons (Fsp3) is 0.643. The third kappa shape index (κ3) is 2.31. The molecule has 96 valence electrons. The van der Waals surface area contributed by atoms with Crippen LogP contribution in [0.1, 0.15) is 31.1 Å². The second-order valence-corrected chi connectivity index (χ2v) is 6.62. The van der Waals surface area contributed by atoms with Gasteiger partial charge >= 0.3 is 0 Å². The van der Waals surface area contributed by atoms with Crippen LogP contribution in [0.25, 0.3) is 0 Å². The molecule has 1 saturated carbocycles. The molecule has 1 aromatic rings. The molecule has 2 fully saturated rings. The highest BCUT2D eigenvalue weighted by atomic mass is 32.1. The lowest BCUT2D eigenvalue weighted by molar-refractivity contribution is 0.250. The first-order chi connectivity index (χ1) is 8.72. The molecule has 2 unspecified atom stereocenters. The Labute approximate surface area is 112 Å². The summed E-state index contributed by atoms with van der Waals surface area (Å²) in [5, 5.41) is 15.1. The van der Waals surface area contributed by atoms with Crippen molar-refractivity contribution in [3.05, 3.63) is 22.4 Å². The minimum Gasteiger partial charge on any atom is -0.295 e.